The van der Waals surface area contributed by atoms with Crippen LogP contribution in [-0.4, -0.2) is 31.3 Å². The van der Waals surface area contributed by atoms with Gasteiger partial charge in [0, 0.05) is 5.56 Å². The lowest BCUT2D eigenvalue weighted by Crippen LogP contribution is -2.11. The van der Waals surface area contributed by atoms with Gasteiger partial charge in [0.05, 0.1) is 0 Å². The fourth-order valence-corrected chi connectivity index (χ4v) is 1.42. The normalized spacial score (nSPS) is 9.76. The Morgan fingerprint density at radius 3 is 1.88 bits per heavy atom. The summed E-state index contributed by atoms with van der Waals surface area (Å²) in [5, 5.41) is 0. The summed E-state index contributed by atoms with van der Waals surface area (Å²) < 4.78 is 0. The van der Waals surface area contributed by atoms with Gasteiger partial charge in [-0.15, -0.1) is 0 Å². The number of hydrogen-bond donors (Lipinski definition) is 0. The van der Waals surface area contributed by atoms with Crippen LogP contribution in [-0.2, 0) is 6.42 Å². The molecule has 0 bridgehead atoms. The van der Waals surface area contributed by atoms with Crippen LogP contribution in [0.15, 0.2) is 24.3 Å². The number of carbonyl (C=O) groups is 1. The topological polar surface area (TPSA) is 20.3 Å². The SMILES string of the molecule is CCCN(C)C.CCc1ccc(C(C)=O)cc1. The van der Waals surface area contributed by atoms with E-state index in [-0.39, 0.29) is 5.78 Å². The smallest absolute Gasteiger partial charge is 0.159 e. The summed E-state index contributed by atoms with van der Waals surface area (Å²) in [5.74, 6) is 0.132. The van der Waals surface area contributed by atoms with Crippen molar-refractivity contribution in [3.05, 3.63) is 35.4 Å². The summed E-state index contributed by atoms with van der Waals surface area (Å²) in [6.45, 7) is 7.07. The molecule has 0 saturated heterocycles. The van der Waals surface area contributed by atoms with Gasteiger partial charge in [-0.3, -0.25) is 4.79 Å². The monoisotopic (exact) mass is 235 g/mol. The maximum Gasteiger partial charge on any atom is 0.159 e. The standard InChI is InChI=1S/C10H12O.C5H13N/c1-3-9-4-6-10(7-5-9)8(2)11;1-4-5-6(2)3/h4-7H,3H2,1-2H3;4-5H2,1-3H3. The minimum Gasteiger partial charge on any atom is -0.309 e. The van der Waals surface area contributed by atoms with Gasteiger partial charge in [-0.25, -0.2) is 0 Å². The summed E-state index contributed by atoms with van der Waals surface area (Å²) >= 11 is 0. The Morgan fingerprint density at radius 2 is 1.65 bits per heavy atom. The molecule has 0 aromatic heterocycles. The van der Waals surface area contributed by atoms with Crippen LogP contribution in [0, 0.1) is 0 Å². The molecule has 0 unspecified atom stereocenters. The highest BCUT2D eigenvalue weighted by molar-refractivity contribution is 5.93. The van der Waals surface area contributed by atoms with Gasteiger partial charge in [-0.1, -0.05) is 38.1 Å². The molecule has 0 heterocycles. The van der Waals surface area contributed by atoms with Gasteiger partial charge in [-0.05, 0) is 46.0 Å². The Hall–Kier alpha value is -1.15. The molecule has 1 aromatic rings. The first-order valence-electron chi connectivity index (χ1n) is 6.25. The molecule has 0 radical (unpaired) electrons. The quantitative estimate of drug-likeness (QED) is 0.745. The van der Waals surface area contributed by atoms with Crippen molar-refractivity contribution >= 4 is 5.78 Å². The third-order valence-electron chi connectivity index (χ3n) is 2.44. The average molecular weight is 235 g/mol. The summed E-state index contributed by atoms with van der Waals surface area (Å²) in [5.41, 5.74) is 2.07. The number of nitrogens with zero attached hydrogens (tertiary/aromatic N) is 1. The van der Waals surface area contributed by atoms with Crippen LogP contribution in [0.25, 0.3) is 0 Å². The molecule has 2 heteroatoms. The molecule has 0 spiro atoms. The number of ketones is 1. The molecule has 0 amide bonds. The molecule has 1 rings (SSSR count). The van der Waals surface area contributed by atoms with E-state index in [2.05, 4.69) is 32.8 Å². The van der Waals surface area contributed by atoms with Crippen LogP contribution < -0.4 is 0 Å². The Balaban J connectivity index is 0.000000366. The molecule has 0 aliphatic rings. The predicted octanol–water partition coefficient (Wildman–Crippen LogP) is 3.41. The van der Waals surface area contributed by atoms with Gasteiger partial charge in [0.2, 0.25) is 0 Å². The molecule has 0 saturated carbocycles. The zero-order valence-corrected chi connectivity index (χ0v) is 11.8. The van der Waals surface area contributed by atoms with E-state index in [1.807, 2.05) is 24.3 Å². The molecule has 96 valence electrons. The van der Waals surface area contributed by atoms with E-state index in [1.165, 1.54) is 18.5 Å². The highest BCUT2D eigenvalue weighted by Gasteiger charge is 1.96. The molecule has 17 heavy (non-hydrogen) atoms. The van der Waals surface area contributed by atoms with Crippen molar-refractivity contribution in [3.63, 3.8) is 0 Å². The minimum absolute atomic E-state index is 0.132. The van der Waals surface area contributed by atoms with Crippen molar-refractivity contribution in [2.75, 3.05) is 20.6 Å². The lowest BCUT2D eigenvalue weighted by molar-refractivity contribution is 0.101. The lowest BCUT2D eigenvalue weighted by Gasteiger charge is -2.03. The largest absolute Gasteiger partial charge is 0.309 e. The summed E-state index contributed by atoms with van der Waals surface area (Å²) in [6, 6.07) is 7.75. The van der Waals surface area contributed by atoms with Crippen LogP contribution >= 0.6 is 0 Å². The maximum atomic E-state index is 10.8. The van der Waals surface area contributed by atoms with Gasteiger partial charge in [-0.2, -0.15) is 0 Å². The van der Waals surface area contributed by atoms with Crippen LogP contribution in [0.5, 0.6) is 0 Å². The highest BCUT2D eigenvalue weighted by atomic mass is 16.1. The molecule has 0 fully saturated rings. The molecule has 0 aliphatic heterocycles. The fourth-order valence-electron chi connectivity index (χ4n) is 1.42. The average Bonchev–Trinajstić information content (AvgIpc) is 2.29. The zero-order valence-electron chi connectivity index (χ0n) is 11.8. The van der Waals surface area contributed by atoms with Crippen LogP contribution in [0.1, 0.15) is 43.1 Å². The van der Waals surface area contributed by atoms with Gasteiger partial charge in [0.15, 0.2) is 5.78 Å². The van der Waals surface area contributed by atoms with Gasteiger partial charge < -0.3 is 4.90 Å². The zero-order chi connectivity index (χ0) is 13.3. The van der Waals surface area contributed by atoms with E-state index in [4.69, 9.17) is 0 Å². The first-order chi connectivity index (χ1) is 8.01. The Kier molecular flexibility index (Phi) is 8.34. The van der Waals surface area contributed by atoms with E-state index < -0.39 is 0 Å². The number of hydrogen-bond acceptors (Lipinski definition) is 2. The van der Waals surface area contributed by atoms with Gasteiger partial charge in [0.25, 0.3) is 0 Å². The third-order valence-corrected chi connectivity index (χ3v) is 2.44. The first kappa shape index (κ1) is 15.9. The summed E-state index contributed by atoms with van der Waals surface area (Å²) in [4.78, 5) is 13.0. The van der Waals surface area contributed by atoms with E-state index in [0.717, 1.165) is 12.0 Å². The van der Waals surface area contributed by atoms with E-state index in [1.54, 1.807) is 6.92 Å². The van der Waals surface area contributed by atoms with Crippen LogP contribution in [0.2, 0.25) is 0 Å². The fraction of sp³-hybridized carbons (Fsp3) is 0.533. The number of aryl methyl sites for hydroxylation is 1. The molecule has 0 aliphatic carbocycles. The summed E-state index contributed by atoms with van der Waals surface area (Å²) in [6.07, 6.45) is 2.28. The van der Waals surface area contributed by atoms with Crippen molar-refractivity contribution in [3.8, 4) is 0 Å². The molecule has 2 nitrogen and oxygen atoms in total. The Bertz CT molecular complexity index is 314. The lowest BCUT2D eigenvalue weighted by atomic mass is 10.1. The van der Waals surface area contributed by atoms with Crippen molar-refractivity contribution < 1.29 is 4.79 Å². The maximum absolute atomic E-state index is 10.8. The molecule has 0 atom stereocenters. The van der Waals surface area contributed by atoms with E-state index in [0.29, 0.717) is 0 Å². The van der Waals surface area contributed by atoms with Crippen molar-refractivity contribution in [1.29, 1.82) is 0 Å². The number of benzene rings is 1. The van der Waals surface area contributed by atoms with Crippen molar-refractivity contribution in [1.82, 2.24) is 4.90 Å². The summed E-state index contributed by atoms with van der Waals surface area (Å²) in [7, 11) is 4.17. The van der Waals surface area contributed by atoms with Crippen molar-refractivity contribution in [2.24, 2.45) is 0 Å². The molecule has 0 N–H and O–H groups in total. The third kappa shape index (κ3) is 7.70. The first-order valence-corrected chi connectivity index (χ1v) is 6.25. The van der Waals surface area contributed by atoms with E-state index in [9.17, 15) is 4.79 Å². The second-order valence-electron chi connectivity index (χ2n) is 4.41. The molecular formula is C15H25NO. The Morgan fingerprint density at radius 1 is 1.12 bits per heavy atom. The van der Waals surface area contributed by atoms with Crippen LogP contribution in [0.3, 0.4) is 0 Å². The Labute approximate surface area is 106 Å². The second kappa shape index (κ2) is 8.94. The number of Topliss-reactive ketones (excluding diaryl/α,β-unsaturated/α-hetero) is 1. The van der Waals surface area contributed by atoms with Crippen molar-refractivity contribution in [2.45, 2.75) is 33.6 Å². The minimum atomic E-state index is 0.132. The van der Waals surface area contributed by atoms with Crippen LogP contribution in [0.4, 0.5) is 0 Å². The van der Waals surface area contributed by atoms with Gasteiger partial charge >= 0.3 is 0 Å². The highest BCUT2D eigenvalue weighted by Crippen LogP contribution is 2.04. The van der Waals surface area contributed by atoms with E-state index >= 15 is 0 Å². The second-order valence-corrected chi connectivity index (χ2v) is 4.41. The molecular weight excluding hydrogens is 210 g/mol. The predicted molar refractivity (Wildman–Crippen MR) is 74.7 cm³/mol. The number of carbonyl (C=O) groups excluding carboxylic acids is 1. The number of rotatable bonds is 4. The molecule has 1 aromatic carbocycles. The van der Waals surface area contributed by atoms with Gasteiger partial charge in [0.1, 0.15) is 0 Å².